The first-order valence-corrected chi connectivity index (χ1v) is 6.77. The maximum absolute atomic E-state index is 14.1. The second kappa shape index (κ2) is 5.61. The van der Waals surface area contributed by atoms with E-state index in [1.165, 1.54) is 6.07 Å². The van der Waals surface area contributed by atoms with E-state index < -0.39 is 5.82 Å². The highest BCUT2D eigenvalue weighted by Gasteiger charge is 2.18. The lowest BCUT2D eigenvalue weighted by Gasteiger charge is -2.07. The Labute approximate surface area is 117 Å². The topological polar surface area (TPSA) is 43.8 Å². The predicted molar refractivity (Wildman–Crippen MR) is 76.7 cm³/mol. The number of nitrogens with zero attached hydrogens (tertiary/aromatic N) is 2. The first-order chi connectivity index (χ1) is 9.10. The van der Waals surface area contributed by atoms with E-state index in [-0.39, 0.29) is 5.02 Å². The number of benzene rings is 1. The Bertz CT molecular complexity index is 593. The Morgan fingerprint density at radius 3 is 2.74 bits per heavy atom. The molecule has 0 fully saturated rings. The molecule has 0 spiro atoms. The minimum Gasteiger partial charge on any atom is -0.383 e. The number of halogens is 2. The van der Waals surface area contributed by atoms with Crippen molar-refractivity contribution in [1.29, 1.82) is 0 Å². The monoisotopic (exact) mass is 281 g/mol. The summed E-state index contributed by atoms with van der Waals surface area (Å²) < 4.78 is 16.0. The Balaban J connectivity index is 2.60. The van der Waals surface area contributed by atoms with Gasteiger partial charge in [0.05, 0.1) is 5.02 Å². The van der Waals surface area contributed by atoms with Gasteiger partial charge in [0, 0.05) is 18.5 Å². The highest BCUT2D eigenvalue weighted by Crippen LogP contribution is 2.31. The normalized spacial score (nSPS) is 10.9. The lowest BCUT2D eigenvalue weighted by Crippen LogP contribution is -2.06. The fourth-order valence-electron chi connectivity index (χ4n) is 2.14. The van der Waals surface area contributed by atoms with E-state index in [0.29, 0.717) is 17.1 Å². The third-order valence-corrected chi connectivity index (χ3v) is 3.35. The number of aromatic nitrogens is 2. The Kier molecular flexibility index (Phi) is 4.10. The van der Waals surface area contributed by atoms with Gasteiger partial charge in [-0.2, -0.15) is 0 Å². The lowest BCUT2D eigenvalue weighted by atomic mass is 10.1. The lowest BCUT2D eigenvalue weighted by molar-refractivity contribution is 0.631. The van der Waals surface area contributed by atoms with E-state index in [4.69, 9.17) is 17.3 Å². The van der Waals surface area contributed by atoms with Crippen LogP contribution in [0.4, 0.5) is 10.2 Å². The van der Waals surface area contributed by atoms with Crippen LogP contribution in [0.25, 0.3) is 11.3 Å². The zero-order valence-electron chi connectivity index (χ0n) is 11.1. The molecule has 0 amide bonds. The van der Waals surface area contributed by atoms with Crippen LogP contribution >= 0.6 is 11.6 Å². The molecule has 1 heterocycles. The number of hydrogen-bond donors (Lipinski definition) is 1. The molecule has 0 aliphatic heterocycles. The molecule has 2 N–H and O–H groups in total. The van der Waals surface area contributed by atoms with E-state index in [1.807, 2.05) is 11.5 Å². The summed E-state index contributed by atoms with van der Waals surface area (Å²) in [5.74, 6) is 0.897. The number of imidazole rings is 1. The average molecular weight is 282 g/mol. The van der Waals surface area contributed by atoms with Crippen molar-refractivity contribution in [3.63, 3.8) is 0 Å². The van der Waals surface area contributed by atoms with E-state index in [0.717, 1.165) is 25.2 Å². The third kappa shape index (κ3) is 2.45. The molecule has 2 aromatic rings. The standard InChI is InChI=1S/C14H17ClFN3/c1-3-8-19-11(4-2)18-13(14(19)17)9-6-5-7-10(15)12(9)16/h5-7H,3-4,8,17H2,1-2H3. The molecule has 0 radical (unpaired) electrons. The number of nitrogens with two attached hydrogens (primary N) is 1. The van der Waals surface area contributed by atoms with Crippen LogP contribution in [0.5, 0.6) is 0 Å². The first kappa shape index (κ1) is 13.9. The minimum atomic E-state index is -0.473. The largest absolute Gasteiger partial charge is 0.383 e. The number of anilines is 1. The molecule has 0 unspecified atom stereocenters. The molecule has 3 nitrogen and oxygen atoms in total. The molecule has 0 aliphatic rings. The van der Waals surface area contributed by atoms with Gasteiger partial charge in [-0.1, -0.05) is 31.5 Å². The van der Waals surface area contributed by atoms with Crippen LogP contribution in [0, 0.1) is 5.82 Å². The number of aryl methyl sites for hydroxylation is 1. The fourth-order valence-corrected chi connectivity index (χ4v) is 2.32. The van der Waals surface area contributed by atoms with Gasteiger partial charge in [0.25, 0.3) is 0 Å². The number of rotatable bonds is 4. The van der Waals surface area contributed by atoms with E-state index in [2.05, 4.69) is 11.9 Å². The van der Waals surface area contributed by atoms with Crippen LogP contribution in [0.3, 0.4) is 0 Å². The van der Waals surface area contributed by atoms with E-state index in [1.54, 1.807) is 12.1 Å². The molecule has 102 valence electrons. The third-order valence-electron chi connectivity index (χ3n) is 3.06. The van der Waals surface area contributed by atoms with Crippen LogP contribution in [-0.2, 0) is 13.0 Å². The summed E-state index contributed by atoms with van der Waals surface area (Å²) in [6, 6.07) is 4.86. The van der Waals surface area contributed by atoms with Crippen LogP contribution in [0.2, 0.25) is 5.02 Å². The zero-order chi connectivity index (χ0) is 14.0. The molecule has 19 heavy (non-hydrogen) atoms. The summed E-state index contributed by atoms with van der Waals surface area (Å²) in [7, 11) is 0. The summed E-state index contributed by atoms with van der Waals surface area (Å²) in [5.41, 5.74) is 6.94. The summed E-state index contributed by atoms with van der Waals surface area (Å²) in [5, 5.41) is 0.0833. The molecule has 2 rings (SSSR count). The molecule has 5 heteroatoms. The van der Waals surface area contributed by atoms with Crippen molar-refractivity contribution < 1.29 is 4.39 Å². The van der Waals surface area contributed by atoms with Crippen molar-refractivity contribution in [2.24, 2.45) is 0 Å². The van der Waals surface area contributed by atoms with Gasteiger partial charge >= 0.3 is 0 Å². The maximum Gasteiger partial charge on any atom is 0.151 e. The van der Waals surface area contributed by atoms with E-state index >= 15 is 0 Å². The smallest absolute Gasteiger partial charge is 0.151 e. The summed E-state index contributed by atoms with van der Waals surface area (Å²) in [4.78, 5) is 4.46. The minimum absolute atomic E-state index is 0.0833. The quantitative estimate of drug-likeness (QED) is 0.924. The summed E-state index contributed by atoms with van der Waals surface area (Å²) >= 11 is 5.81. The molecule has 1 aromatic carbocycles. The summed E-state index contributed by atoms with van der Waals surface area (Å²) in [6.07, 6.45) is 1.71. The van der Waals surface area contributed by atoms with Crippen molar-refractivity contribution in [2.75, 3.05) is 5.73 Å². The van der Waals surface area contributed by atoms with Crippen LogP contribution < -0.4 is 5.73 Å². The second-order valence-electron chi connectivity index (χ2n) is 4.37. The van der Waals surface area contributed by atoms with Crippen molar-refractivity contribution in [2.45, 2.75) is 33.2 Å². The SMILES string of the molecule is CCCn1c(CC)nc(-c2cccc(Cl)c2F)c1N. The van der Waals surface area contributed by atoms with Gasteiger partial charge in [-0.05, 0) is 18.6 Å². The highest BCUT2D eigenvalue weighted by molar-refractivity contribution is 6.31. The number of hydrogen-bond acceptors (Lipinski definition) is 2. The molecular weight excluding hydrogens is 265 g/mol. The molecule has 0 aliphatic carbocycles. The molecule has 0 bridgehead atoms. The molecule has 0 saturated carbocycles. The Morgan fingerprint density at radius 2 is 2.11 bits per heavy atom. The van der Waals surface area contributed by atoms with Crippen LogP contribution in [0.1, 0.15) is 26.1 Å². The van der Waals surface area contributed by atoms with Crippen LogP contribution in [0.15, 0.2) is 18.2 Å². The van der Waals surface area contributed by atoms with Gasteiger partial charge in [-0.15, -0.1) is 0 Å². The van der Waals surface area contributed by atoms with Gasteiger partial charge in [0.15, 0.2) is 5.82 Å². The van der Waals surface area contributed by atoms with Gasteiger partial charge in [-0.25, -0.2) is 9.37 Å². The zero-order valence-corrected chi connectivity index (χ0v) is 11.8. The summed E-state index contributed by atoms with van der Waals surface area (Å²) in [6.45, 7) is 4.86. The van der Waals surface area contributed by atoms with Crippen molar-refractivity contribution >= 4 is 17.4 Å². The second-order valence-corrected chi connectivity index (χ2v) is 4.78. The first-order valence-electron chi connectivity index (χ1n) is 6.39. The van der Waals surface area contributed by atoms with Gasteiger partial charge in [0.1, 0.15) is 17.3 Å². The van der Waals surface area contributed by atoms with Gasteiger partial charge in [0.2, 0.25) is 0 Å². The Hall–Kier alpha value is -1.55. The maximum atomic E-state index is 14.1. The van der Waals surface area contributed by atoms with Gasteiger partial charge < -0.3 is 10.3 Å². The fraction of sp³-hybridized carbons (Fsp3) is 0.357. The average Bonchev–Trinajstić information content (AvgIpc) is 2.71. The van der Waals surface area contributed by atoms with Gasteiger partial charge in [-0.3, -0.25) is 0 Å². The van der Waals surface area contributed by atoms with E-state index in [9.17, 15) is 4.39 Å². The molecule has 0 saturated heterocycles. The Morgan fingerprint density at radius 1 is 1.37 bits per heavy atom. The predicted octanol–water partition coefficient (Wildman–Crippen LogP) is 3.90. The molecule has 0 atom stereocenters. The number of nitrogen functional groups attached to an aromatic ring is 1. The van der Waals surface area contributed by atoms with Crippen molar-refractivity contribution in [3.05, 3.63) is 34.9 Å². The van der Waals surface area contributed by atoms with Crippen molar-refractivity contribution in [1.82, 2.24) is 9.55 Å². The molecule has 1 aromatic heterocycles. The molecular formula is C14H17ClFN3. The highest BCUT2D eigenvalue weighted by atomic mass is 35.5. The van der Waals surface area contributed by atoms with Crippen LogP contribution in [-0.4, -0.2) is 9.55 Å². The van der Waals surface area contributed by atoms with Crippen molar-refractivity contribution in [3.8, 4) is 11.3 Å².